The Morgan fingerprint density at radius 2 is 1.82 bits per heavy atom. The van der Waals surface area contributed by atoms with E-state index in [9.17, 15) is 18.0 Å². The number of amides is 1. The molecule has 3 heterocycles. The largest absolute Gasteiger partial charge is 0.460 e. The second-order valence-electron chi connectivity index (χ2n) is 9.06. The Kier molecular flexibility index (Phi) is 7.90. The summed E-state index contributed by atoms with van der Waals surface area (Å²) in [4.78, 5) is 19.0. The number of rotatable bonds is 7. The van der Waals surface area contributed by atoms with Gasteiger partial charge < -0.3 is 14.5 Å². The minimum atomic E-state index is -4.44. The van der Waals surface area contributed by atoms with Gasteiger partial charge in [0, 0.05) is 53.6 Å². The standard InChI is InChI=1S/C30H26F3N3O3/c31-30(32,33)23-9-7-21(8-10-23)26(28-12-11-24(39-28)20-36-15-17-38-18-16-36)4-2-6-29(37)35-27-5-1-3-22-19-34-14-13-25(22)27/h1-14,19H,15-18,20H2,(H,35,37)/b6-2+,26-4+. The second-order valence-corrected chi connectivity index (χ2v) is 9.06. The summed E-state index contributed by atoms with van der Waals surface area (Å²) in [6.45, 7) is 3.51. The topological polar surface area (TPSA) is 67.6 Å². The molecule has 0 unspecified atom stereocenters. The second kappa shape index (κ2) is 11.7. The van der Waals surface area contributed by atoms with Crippen LogP contribution < -0.4 is 5.32 Å². The molecule has 9 heteroatoms. The van der Waals surface area contributed by atoms with Gasteiger partial charge in [-0.2, -0.15) is 13.2 Å². The van der Waals surface area contributed by atoms with Crippen molar-refractivity contribution in [3.63, 3.8) is 0 Å². The average Bonchev–Trinajstić information content (AvgIpc) is 3.39. The number of aromatic nitrogens is 1. The molecule has 1 amide bonds. The van der Waals surface area contributed by atoms with Crippen LogP contribution in [0.15, 0.2) is 95.7 Å². The first-order valence-electron chi connectivity index (χ1n) is 12.5. The Bertz CT molecular complexity index is 1500. The lowest BCUT2D eigenvalue weighted by Crippen LogP contribution is -2.35. The van der Waals surface area contributed by atoms with E-state index in [1.807, 2.05) is 24.3 Å². The molecule has 1 fully saturated rings. The molecule has 0 spiro atoms. The smallest absolute Gasteiger partial charge is 0.416 e. The molecule has 2 aromatic carbocycles. The fourth-order valence-electron chi connectivity index (χ4n) is 4.38. The molecule has 1 aliphatic heterocycles. The predicted molar refractivity (Wildman–Crippen MR) is 143 cm³/mol. The van der Waals surface area contributed by atoms with Crippen LogP contribution in [0.1, 0.15) is 22.6 Å². The quantitative estimate of drug-likeness (QED) is 0.223. The number of furan rings is 1. The zero-order valence-electron chi connectivity index (χ0n) is 20.9. The van der Waals surface area contributed by atoms with Crippen LogP contribution in [0.5, 0.6) is 0 Å². The van der Waals surface area contributed by atoms with E-state index in [1.54, 1.807) is 36.7 Å². The lowest BCUT2D eigenvalue weighted by atomic mass is 10.0. The number of ether oxygens (including phenoxy) is 1. The normalized spacial score (nSPS) is 15.2. The molecular weight excluding hydrogens is 507 g/mol. The predicted octanol–water partition coefficient (Wildman–Crippen LogP) is 6.31. The highest BCUT2D eigenvalue weighted by Crippen LogP contribution is 2.32. The number of fused-ring (bicyclic) bond motifs is 1. The van der Waals surface area contributed by atoms with E-state index in [1.165, 1.54) is 18.2 Å². The summed E-state index contributed by atoms with van der Waals surface area (Å²) < 4.78 is 50.9. The van der Waals surface area contributed by atoms with Gasteiger partial charge in [0.15, 0.2) is 0 Å². The van der Waals surface area contributed by atoms with Crippen LogP contribution in [-0.2, 0) is 22.3 Å². The number of carbonyl (C=O) groups is 1. The Labute approximate surface area is 223 Å². The molecule has 1 aliphatic rings. The Hall–Kier alpha value is -4.21. The van der Waals surface area contributed by atoms with Crippen molar-refractivity contribution in [2.24, 2.45) is 0 Å². The summed E-state index contributed by atoms with van der Waals surface area (Å²) in [7, 11) is 0. The number of halogens is 3. The van der Waals surface area contributed by atoms with Gasteiger partial charge in [-0.05, 0) is 42.0 Å². The van der Waals surface area contributed by atoms with Crippen molar-refractivity contribution >= 4 is 27.9 Å². The van der Waals surface area contributed by atoms with Crippen molar-refractivity contribution in [3.05, 3.63) is 114 Å². The highest BCUT2D eigenvalue weighted by molar-refractivity contribution is 6.06. The molecule has 2 aromatic heterocycles. The molecule has 0 bridgehead atoms. The lowest BCUT2D eigenvalue weighted by Gasteiger charge is -2.25. The summed E-state index contributed by atoms with van der Waals surface area (Å²) in [5.74, 6) is 0.872. The third-order valence-corrected chi connectivity index (χ3v) is 6.38. The zero-order chi connectivity index (χ0) is 27.2. The van der Waals surface area contributed by atoms with E-state index in [2.05, 4.69) is 15.2 Å². The van der Waals surface area contributed by atoms with Crippen LogP contribution in [0.3, 0.4) is 0 Å². The number of morpholine rings is 1. The number of carbonyl (C=O) groups excluding carboxylic acids is 1. The monoisotopic (exact) mass is 533 g/mol. The van der Waals surface area contributed by atoms with Gasteiger partial charge in [-0.25, -0.2) is 0 Å². The molecule has 200 valence electrons. The summed E-state index contributed by atoms with van der Waals surface area (Å²) in [6, 6.07) is 15.9. The van der Waals surface area contributed by atoms with Crippen LogP contribution in [0, 0.1) is 0 Å². The Balaban J connectivity index is 1.39. The number of hydrogen-bond acceptors (Lipinski definition) is 5. The minimum absolute atomic E-state index is 0.352. The molecule has 4 aromatic rings. The average molecular weight is 534 g/mol. The van der Waals surface area contributed by atoms with Crippen molar-refractivity contribution in [1.82, 2.24) is 9.88 Å². The lowest BCUT2D eigenvalue weighted by molar-refractivity contribution is -0.137. The Morgan fingerprint density at radius 1 is 1.03 bits per heavy atom. The molecule has 1 saturated heterocycles. The fraction of sp³-hybridized carbons (Fsp3) is 0.200. The van der Waals surface area contributed by atoms with Crippen molar-refractivity contribution in [1.29, 1.82) is 0 Å². The van der Waals surface area contributed by atoms with Gasteiger partial charge in [0.1, 0.15) is 11.5 Å². The number of hydrogen-bond donors (Lipinski definition) is 1. The number of benzene rings is 2. The first kappa shape index (κ1) is 26.4. The summed E-state index contributed by atoms with van der Waals surface area (Å²) in [6.07, 6.45) is 3.52. The number of alkyl halides is 3. The van der Waals surface area contributed by atoms with Gasteiger partial charge >= 0.3 is 6.18 Å². The molecule has 0 radical (unpaired) electrons. The summed E-state index contributed by atoms with van der Waals surface area (Å²) in [5.41, 5.74) is 0.993. The first-order valence-corrected chi connectivity index (χ1v) is 12.5. The number of nitrogens with zero attached hydrogens (tertiary/aromatic N) is 2. The highest BCUT2D eigenvalue weighted by Gasteiger charge is 2.30. The number of anilines is 1. The maximum atomic E-state index is 13.1. The van der Waals surface area contributed by atoms with Crippen molar-refractivity contribution in [3.8, 4) is 0 Å². The van der Waals surface area contributed by atoms with Gasteiger partial charge in [0.05, 0.1) is 25.3 Å². The van der Waals surface area contributed by atoms with Gasteiger partial charge in [0.2, 0.25) is 5.91 Å². The third-order valence-electron chi connectivity index (χ3n) is 6.38. The van der Waals surface area contributed by atoms with Crippen LogP contribution in [0.2, 0.25) is 0 Å². The van der Waals surface area contributed by atoms with Gasteiger partial charge in [0.25, 0.3) is 0 Å². The molecule has 1 N–H and O–H groups in total. The Morgan fingerprint density at radius 3 is 2.59 bits per heavy atom. The number of pyridine rings is 1. The minimum Gasteiger partial charge on any atom is -0.460 e. The highest BCUT2D eigenvalue weighted by atomic mass is 19.4. The molecule has 0 atom stereocenters. The zero-order valence-corrected chi connectivity index (χ0v) is 20.9. The summed E-state index contributed by atoms with van der Waals surface area (Å²) >= 11 is 0. The molecule has 5 rings (SSSR count). The molecular formula is C30H26F3N3O3. The number of nitrogens with one attached hydrogen (secondary N) is 1. The molecule has 6 nitrogen and oxygen atoms in total. The molecule has 39 heavy (non-hydrogen) atoms. The van der Waals surface area contributed by atoms with E-state index in [0.717, 1.165) is 41.8 Å². The van der Waals surface area contributed by atoms with Crippen LogP contribution in [0.4, 0.5) is 18.9 Å². The maximum Gasteiger partial charge on any atom is 0.416 e. The number of allylic oxidation sites excluding steroid dienone is 2. The molecule has 0 aliphatic carbocycles. The molecule has 0 saturated carbocycles. The van der Waals surface area contributed by atoms with Gasteiger partial charge in [-0.15, -0.1) is 0 Å². The van der Waals surface area contributed by atoms with Gasteiger partial charge in [-0.3, -0.25) is 14.7 Å². The fourth-order valence-corrected chi connectivity index (χ4v) is 4.38. The first-order chi connectivity index (χ1) is 18.9. The van der Waals surface area contributed by atoms with E-state index in [0.29, 0.717) is 42.3 Å². The van der Waals surface area contributed by atoms with E-state index >= 15 is 0 Å². The summed E-state index contributed by atoms with van der Waals surface area (Å²) in [5, 5.41) is 4.62. The van der Waals surface area contributed by atoms with Crippen LogP contribution in [0.25, 0.3) is 16.3 Å². The van der Waals surface area contributed by atoms with Crippen molar-refractivity contribution in [2.45, 2.75) is 12.7 Å². The SMILES string of the molecule is O=C(/C=C/C=C(\c1ccc(C(F)(F)F)cc1)c1ccc(CN2CCOCC2)o1)Nc1cccc2cnccc12. The van der Waals surface area contributed by atoms with Crippen LogP contribution in [-0.4, -0.2) is 42.1 Å². The maximum absolute atomic E-state index is 13.1. The van der Waals surface area contributed by atoms with Crippen molar-refractivity contribution < 1.29 is 27.1 Å². The van der Waals surface area contributed by atoms with E-state index in [-0.39, 0.29) is 5.91 Å². The van der Waals surface area contributed by atoms with E-state index in [4.69, 9.17) is 9.15 Å². The van der Waals surface area contributed by atoms with Gasteiger partial charge in [-0.1, -0.05) is 36.4 Å². The third kappa shape index (κ3) is 6.63. The van der Waals surface area contributed by atoms with E-state index < -0.39 is 11.7 Å². The van der Waals surface area contributed by atoms with Crippen LogP contribution >= 0.6 is 0 Å². The van der Waals surface area contributed by atoms with Crippen molar-refractivity contribution in [2.75, 3.05) is 31.6 Å².